The molecule has 4 amide bonds. The largest absolute Gasteiger partial charge is 0.496 e. The van der Waals surface area contributed by atoms with Gasteiger partial charge in [-0.25, -0.2) is 4.68 Å². The van der Waals surface area contributed by atoms with Gasteiger partial charge < -0.3 is 23.5 Å². The smallest absolute Gasteiger partial charge is 0.262 e. The van der Waals surface area contributed by atoms with E-state index >= 15 is 0 Å². The molecule has 312 valence electrons. The highest BCUT2D eigenvalue weighted by molar-refractivity contribution is 6.23. The maximum Gasteiger partial charge on any atom is 0.262 e. The Morgan fingerprint density at radius 1 is 0.900 bits per heavy atom. The first-order valence-electron chi connectivity index (χ1n) is 19.6. The summed E-state index contributed by atoms with van der Waals surface area (Å²) in [5, 5.41) is 12.1. The van der Waals surface area contributed by atoms with Gasteiger partial charge in [-0.1, -0.05) is 5.21 Å². The van der Waals surface area contributed by atoms with Gasteiger partial charge in [-0.2, -0.15) is 0 Å². The summed E-state index contributed by atoms with van der Waals surface area (Å²) in [6.45, 7) is 4.60. The van der Waals surface area contributed by atoms with E-state index in [2.05, 4.69) is 30.4 Å². The minimum absolute atomic E-state index is 0.0617. The molecular weight excluding hydrogens is 775 g/mol. The lowest BCUT2D eigenvalue weighted by atomic mass is 9.99. The molecule has 0 bridgehead atoms. The summed E-state index contributed by atoms with van der Waals surface area (Å²) in [6, 6.07) is 9.50. The van der Waals surface area contributed by atoms with Crippen LogP contribution in [0.5, 0.6) is 17.2 Å². The molecule has 2 saturated heterocycles. The van der Waals surface area contributed by atoms with E-state index in [9.17, 15) is 24.0 Å². The van der Waals surface area contributed by atoms with E-state index in [-0.39, 0.29) is 35.6 Å². The minimum atomic E-state index is -1.02. The number of likely N-dealkylation sites (N-methyl/N-ethyl adjacent to an activating group) is 1. The zero-order chi connectivity index (χ0) is 42.1. The van der Waals surface area contributed by atoms with Gasteiger partial charge in [-0.3, -0.25) is 49.0 Å². The standard InChI is InChI=1S/C42H45N9O9/c1-47(23-34-36(57-3)15-25(16-37(34)58-4)33-24-48(2)40(54)32-18-43-10-9-29(32)33)11-13-59-14-12-50-20-26(45-46-50)19-49-21-28(22-49)60-27-5-6-30-31(17-27)42(56)51(41(30)55)35-7-8-38(52)44-39(35)53/h5-6,9-10,15-18,20,24,28,35H,7-8,11-14,19,21-23H2,1-4H3,(H,44,52,53). The number of pyridine rings is 2. The van der Waals surface area contributed by atoms with Gasteiger partial charge in [0.2, 0.25) is 11.8 Å². The van der Waals surface area contributed by atoms with Gasteiger partial charge in [0.15, 0.2) is 0 Å². The summed E-state index contributed by atoms with van der Waals surface area (Å²) in [5.41, 5.74) is 3.73. The first-order chi connectivity index (χ1) is 29.0. The van der Waals surface area contributed by atoms with Crippen molar-refractivity contribution in [3.8, 4) is 28.4 Å². The fourth-order valence-corrected chi connectivity index (χ4v) is 7.86. The molecule has 0 aliphatic carbocycles. The summed E-state index contributed by atoms with van der Waals surface area (Å²) in [4.78, 5) is 72.2. The fraction of sp³-hybridized carbons (Fsp3) is 0.381. The molecule has 2 fully saturated rings. The Labute approximate surface area is 344 Å². The maximum atomic E-state index is 13.2. The number of piperidine rings is 1. The molecule has 0 saturated carbocycles. The molecule has 2 aromatic carbocycles. The third-order valence-corrected chi connectivity index (χ3v) is 11.0. The van der Waals surface area contributed by atoms with E-state index in [4.69, 9.17) is 18.9 Å². The molecule has 0 radical (unpaired) electrons. The lowest BCUT2D eigenvalue weighted by molar-refractivity contribution is -0.136. The Morgan fingerprint density at radius 3 is 2.42 bits per heavy atom. The fourth-order valence-electron chi connectivity index (χ4n) is 7.86. The molecule has 1 N–H and O–H groups in total. The zero-order valence-electron chi connectivity index (χ0n) is 33.8. The molecule has 18 heteroatoms. The monoisotopic (exact) mass is 819 g/mol. The van der Waals surface area contributed by atoms with Gasteiger partial charge in [0.05, 0.1) is 61.7 Å². The van der Waals surface area contributed by atoms with E-state index < -0.39 is 29.7 Å². The Morgan fingerprint density at radius 2 is 1.67 bits per heavy atom. The number of fused-ring (bicyclic) bond motifs is 2. The number of likely N-dealkylation sites (tertiary alicyclic amines) is 1. The number of amides is 4. The van der Waals surface area contributed by atoms with E-state index in [0.29, 0.717) is 75.1 Å². The van der Waals surface area contributed by atoms with Crippen LogP contribution in [-0.2, 0) is 41.0 Å². The summed E-state index contributed by atoms with van der Waals surface area (Å²) in [7, 11) is 7.00. The normalized spacial score (nSPS) is 17.0. The minimum Gasteiger partial charge on any atom is -0.496 e. The molecule has 3 aliphatic heterocycles. The van der Waals surface area contributed by atoms with Crippen LogP contribution in [0, 0.1) is 0 Å². The first kappa shape index (κ1) is 40.3. The molecule has 18 nitrogen and oxygen atoms in total. The van der Waals surface area contributed by atoms with Gasteiger partial charge in [0.1, 0.15) is 29.4 Å². The first-order valence-corrected chi connectivity index (χ1v) is 19.6. The van der Waals surface area contributed by atoms with Crippen LogP contribution in [0.4, 0.5) is 0 Å². The van der Waals surface area contributed by atoms with Crippen molar-refractivity contribution in [3.63, 3.8) is 0 Å². The van der Waals surface area contributed by atoms with Gasteiger partial charge in [-0.15, -0.1) is 5.10 Å². The molecule has 3 aliphatic rings. The maximum absolute atomic E-state index is 13.2. The van der Waals surface area contributed by atoms with Crippen LogP contribution in [0.2, 0.25) is 0 Å². The van der Waals surface area contributed by atoms with E-state index in [1.807, 2.05) is 37.6 Å². The number of carbonyl (C=O) groups excluding carboxylic acids is 4. The Hall–Kier alpha value is -6.50. The van der Waals surface area contributed by atoms with Crippen LogP contribution >= 0.6 is 0 Å². The Balaban J connectivity index is 0.771. The van der Waals surface area contributed by atoms with Crippen molar-refractivity contribution in [2.45, 2.75) is 44.6 Å². The summed E-state index contributed by atoms with van der Waals surface area (Å²) in [6.07, 6.45) is 7.03. The molecule has 8 rings (SSSR count). The third-order valence-electron chi connectivity index (χ3n) is 11.0. The van der Waals surface area contributed by atoms with Gasteiger partial charge in [0.25, 0.3) is 17.4 Å². The average Bonchev–Trinajstić information content (AvgIpc) is 3.78. The highest BCUT2D eigenvalue weighted by atomic mass is 16.5. The van der Waals surface area contributed by atoms with Crippen molar-refractivity contribution in [2.24, 2.45) is 7.05 Å². The Bertz CT molecular complexity index is 2520. The second-order valence-corrected chi connectivity index (χ2v) is 15.2. The number of carbonyl (C=O) groups is 4. The van der Waals surface area contributed by atoms with Crippen molar-refractivity contribution < 1.29 is 38.1 Å². The summed E-state index contributed by atoms with van der Waals surface area (Å²) in [5.74, 6) is -0.377. The van der Waals surface area contributed by atoms with E-state index in [0.717, 1.165) is 32.7 Å². The highest BCUT2D eigenvalue weighted by Crippen LogP contribution is 2.38. The molecular formula is C42H45N9O9. The number of hydrogen-bond acceptors (Lipinski definition) is 14. The SMILES string of the molecule is COc1cc(-c2cn(C)c(=O)c3cnccc23)cc(OC)c1CN(C)CCOCCn1cc(CN2CC(Oc3ccc4c(c3)C(=O)N(C3CCC(=O)NC3=O)C4=O)C2)nn1. The predicted molar refractivity (Wildman–Crippen MR) is 216 cm³/mol. The van der Waals surface area contributed by atoms with E-state index in [1.165, 1.54) is 0 Å². The lowest BCUT2D eigenvalue weighted by Crippen LogP contribution is -2.54. The lowest BCUT2D eigenvalue weighted by Gasteiger charge is -2.38. The Kier molecular flexibility index (Phi) is 11.4. The molecule has 60 heavy (non-hydrogen) atoms. The number of aromatic nitrogens is 5. The molecule has 5 aromatic rings. The number of benzene rings is 2. The van der Waals surface area contributed by atoms with Crippen molar-refractivity contribution in [2.75, 3.05) is 54.1 Å². The average molecular weight is 820 g/mol. The van der Waals surface area contributed by atoms with Gasteiger partial charge in [-0.05, 0) is 60.8 Å². The number of imide groups is 2. The zero-order valence-corrected chi connectivity index (χ0v) is 33.8. The number of rotatable bonds is 16. The second-order valence-electron chi connectivity index (χ2n) is 15.2. The summed E-state index contributed by atoms with van der Waals surface area (Å²) >= 11 is 0. The van der Waals surface area contributed by atoms with Crippen molar-refractivity contribution in [1.29, 1.82) is 0 Å². The van der Waals surface area contributed by atoms with Crippen LogP contribution < -0.4 is 25.1 Å². The number of nitrogens with zero attached hydrogens (tertiary/aromatic N) is 8. The van der Waals surface area contributed by atoms with Crippen molar-refractivity contribution >= 4 is 34.4 Å². The van der Waals surface area contributed by atoms with Crippen LogP contribution in [0.3, 0.4) is 0 Å². The van der Waals surface area contributed by atoms with Gasteiger partial charge in [0, 0.05) is 76.5 Å². The van der Waals surface area contributed by atoms with Gasteiger partial charge >= 0.3 is 0 Å². The third kappa shape index (κ3) is 8.08. The molecule has 6 heterocycles. The van der Waals surface area contributed by atoms with Crippen LogP contribution in [0.15, 0.2) is 66.0 Å². The molecule has 3 aromatic heterocycles. The van der Waals surface area contributed by atoms with Crippen LogP contribution in [0.25, 0.3) is 21.9 Å². The number of nitrogens with one attached hydrogen (secondary N) is 1. The van der Waals surface area contributed by atoms with Crippen LogP contribution in [0.1, 0.15) is 44.8 Å². The quantitative estimate of drug-likeness (QED) is 0.112. The summed E-state index contributed by atoms with van der Waals surface area (Å²) < 4.78 is 27.0. The number of hydrogen-bond donors (Lipinski definition) is 1. The molecule has 1 atom stereocenters. The second kappa shape index (κ2) is 17.0. The van der Waals surface area contributed by atoms with Crippen molar-refractivity contribution in [3.05, 3.63) is 93.9 Å². The van der Waals surface area contributed by atoms with Crippen LogP contribution in [-0.4, -0.2) is 129 Å². The predicted octanol–water partition coefficient (Wildman–Crippen LogP) is 2.02. The van der Waals surface area contributed by atoms with E-state index in [1.54, 1.807) is 61.1 Å². The molecule has 1 unspecified atom stereocenters. The number of methoxy groups -OCH3 is 2. The highest BCUT2D eigenvalue weighted by Gasteiger charge is 2.45. The van der Waals surface area contributed by atoms with Crippen molar-refractivity contribution in [1.82, 2.24) is 44.6 Å². The number of ether oxygens (including phenoxy) is 4. The number of aryl methyl sites for hydroxylation is 1. The topological polar surface area (TPSA) is 193 Å². The molecule has 0 spiro atoms.